The summed E-state index contributed by atoms with van der Waals surface area (Å²) in [6.07, 6.45) is 1.03. The van der Waals surface area contributed by atoms with E-state index in [0.29, 0.717) is 12.8 Å². The van der Waals surface area contributed by atoms with Crippen LogP contribution < -0.4 is 4.74 Å². The second-order valence-corrected chi connectivity index (χ2v) is 5.91. The first-order valence-electron chi connectivity index (χ1n) is 5.86. The summed E-state index contributed by atoms with van der Waals surface area (Å²) >= 11 is 3.39. The van der Waals surface area contributed by atoms with E-state index in [-0.39, 0.29) is 5.97 Å². The Balaban J connectivity index is 2.56. The van der Waals surface area contributed by atoms with E-state index < -0.39 is 5.60 Å². The lowest BCUT2D eigenvalue weighted by molar-refractivity contribution is -0.154. The lowest BCUT2D eigenvalue weighted by atomic mass is 10.1. The molecule has 1 aromatic carbocycles. The second kappa shape index (κ2) is 6.23. The van der Waals surface area contributed by atoms with Gasteiger partial charge in [0, 0.05) is 6.42 Å². The van der Waals surface area contributed by atoms with E-state index in [1.165, 1.54) is 0 Å². The second-order valence-electron chi connectivity index (χ2n) is 5.06. The third kappa shape index (κ3) is 5.08. The van der Waals surface area contributed by atoms with Crippen molar-refractivity contribution in [2.45, 2.75) is 39.2 Å². The molecule has 100 valence electrons. The maximum absolute atomic E-state index is 11.6. The van der Waals surface area contributed by atoms with E-state index in [9.17, 15) is 4.79 Å². The van der Waals surface area contributed by atoms with Crippen molar-refractivity contribution in [3.05, 3.63) is 28.2 Å². The number of hydrogen-bond acceptors (Lipinski definition) is 3. The van der Waals surface area contributed by atoms with Crippen LogP contribution >= 0.6 is 15.9 Å². The van der Waals surface area contributed by atoms with Gasteiger partial charge in [-0.3, -0.25) is 4.79 Å². The number of ether oxygens (including phenoxy) is 2. The van der Waals surface area contributed by atoms with Crippen molar-refractivity contribution in [3.63, 3.8) is 0 Å². The summed E-state index contributed by atoms with van der Waals surface area (Å²) in [5.41, 5.74) is 0.634. The van der Waals surface area contributed by atoms with Crippen LogP contribution in [0.25, 0.3) is 0 Å². The Morgan fingerprint density at radius 3 is 2.56 bits per heavy atom. The lowest BCUT2D eigenvalue weighted by Crippen LogP contribution is -2.24. The minimum Gasteiger partial charge on any atom is -0.496 e. The van der Waals surface area contributed by atoms with Crippen LogP contribution in [0, 0.1) is 0 Å². The Morgan fingerprint density at radius 2 is 2.00 bits per heavy atom. The molecule has 4 heteroatoms. The Bertz CT molecular complexity index is 422. The van der Waals surface area contributed by atoms with Crippen LogP contribution in [0.2, 0.25) is 0 Å². The summed E-state index contributed by atoms with van der Waals surface area (Å²) in [4.78, 5) is 11.6. The highest BCUT2D eigenvalue weighted by atomic mass is 79.9. The summed E-state index contributed by atoms with van der Waals surface area (Å²) in [6, 6.07) is 5.81. The third-order valence-electron chi connectivity index (χ3n) is 2.25. The molecule has 0 radical (unpaired) electrons. The Morgan fingerprint density at radius 1 is 1.33 bits per heavy atom. The summed E-state index contributed by atoms with van der Waals surface area (Å²) < 4.78 is 11.4. The molecule has 0 fully saturated rings. The first-order chi connectivity index (χ1) is 8.31. The molecule has 0 saturated heterocycles. The topological polar surface area (TPSA) is 35.5 Å². The van der Waals surface area contributed by atoms with Crippen molar-refractivity contribution in [2.24, 2.45) is 0 Å². The summed E-state index contributed by atoms with van der Waals surface area (Å²) in [7, 11) is 1.62. The van der Waals surface area contributed by atoms with E-state index >= 15 is 0 Å². The summed E-state index contributed by atoms with van der Waals surface area (Å²) in [5, 5.41) is 0. The Labute approximate surface area is 117 Å². The number of carbonyl (C=O) groups excluding carboxylic acids is 1. The van der Waals surface area contributed by atoms with E-state index in [4.69, 9.17) is 9.47 Å². The number of benzene rings is 1. The van der Waals surface area contributed by atoms with Gasteiger partial charge in [0.1, 0.15) is 11.4 Å². The van der Waals surface area contributed by atoms with Gasteiger partial charge in [0.05, 0.1) is 11.6 Å². The molecule has 0 atom stereocenters. The monoisotopic (exact) mass is 314 g/mol. The van der Waals surface area contributed by atoms with Crippen molar-refractivity contribution in [3.8, 4) is 5.75 Å². The Kier molecular flexibility index (Phi) is 5.20. The van der Waals surface area contributed by atoms with Gasteiger partial charge < -0.3 is 9.47 Å². The molecule has 0 saturated carbocycles. The van der Waals surface area contributed by atoms with E-state index in [0.717, 1.165) is 15.8 Å². The van der Waals surface area contributed by atoms with Crippen molar-refractivity contribution < 1.29 is 14.3 Å². The van der Waals surface area contributed by atoms with Gasteiger partial charge in [-0.05, 0) is 60.8 Å². The minimum absolute atomic E-state index is 0.176. The normalized spacial score (nSPS) is 11.2. The molecular weight excluding hydrogens is 296 g/mol. The average Bonchev–Trinajstić information content (AvgIpc) is 2.25. The van der Waals surface area contributed by atoms with E-state index in [2.05, 4.69) is 15.9 Å². The molecule has 0 aliphatic rings. The quantitative estimate of drug-likeness (QED) is 0.794. The molecule has 18 heavy (non-hydrogen) atoms. The number of rotatable bonds is 4. The van der Waals surface area contributed by atoms with Crippen LogP contribution in [0.4, 0.5) is 0 Å². The van der Waals surface area contributed by atoms with Gasteiger partial charge in [0.25, 0.3) is 0 Å². The zero-order valence-electron chi connectivity index (χ0n) is 11.2. The summed E-state index contributed by atoms with van der Waals surface area (Å²) in [5.74, 6) is 0.598. The van der Waals surface area contributed by atoms with Gasteiger partial charge in [-0.1, -0.05) is 6.07 Å². The van der Waals surface area contributed by atoms with Crippen LogP contribution in [0.3, 0.4) is 0 Å². The molecule has 1 rings (SSSR count). The number of carbonyl (C=O) groups is 1. The van der Waals surface area contributed by atoms with Crippen molar-refractivity contribution in [1.29, 1.82) is 0 Å². The number of aryl methyl sites for hydroxylation is 1. The van der Waals surface area contributed by atoms with Crippen molar-refractivity contribution in [2.75, 3.05) is 7.11 Å². The van der Waals surface area contributed by atoms with Gasteiger partial charge in [-0.25, -0.2) is 0 Å². The van der Waals surface area contributed by atoms with Crippen LogP contribution in [0.15, 0.2) is 22.7 Å². The Hall–Kier alpha value is -1.03. The molecule has 0 bridgehead atoms. The molecule has 0 aromatic heterocycles. The third-order valence-corrected chi connectivity index (χ3v) is 2.91. The molecule has 0 aliphatic carbocycles. The molecule has 0 spiro atoms. The fourth-order valence-electron chi connectivity index (χ4n) is 1.50. The smallest absolute Gasteiger partial charge is 0.306 e. The molecule has 0 amide bonds. The van der Waals surface area contributed by atoms with Gasteiger partial charge in [-0.2, -0.15) is 0 Å². The van der Waals surface area contributed by atoms with E-state index in [1.54, 1.807) is 7.11 Å². The van der Waals surface area contributed by atoms with Crippen LogP contribution in [0.5, 0.6) is 5.75 Å². The van der Waals surface area contributed by atoms with Crippen LogP contribution in [-0.4, -0.2) is 18.7 Å². The van der Waals surface area contributed by atoms with Gasteiger partial charge in [0.2, 0.25) is 0 Å². The van der Waals surface area contributed by atoms with Gasteiger partial charge >= 0.3 is 5.97 Å². The highest BCUT2D eigenvalue weighted by molar-refractivity contribution is 9.10. The molecule has 0 N–H and O–H groups in total. The fourth-order valence-corrected chi connectivity index (χ4v) is 1.91. The van der Waals surface area contributed by atoms with Crippen molar-refractivity contribution >= 4 is 21.9 Å². The van der Waals surface area contributed by atoms with Crippen LogP contribution in [-0.2, 0) is 16.0 Å². The average molecular weight is 315 g/mol. The van der Waals surface area contributed by atoms with E-state index in [1.807, 2.05) is 39.0 Å². The first kappa shape index (κ1) is 15.0. The largest absolute Gasteiger partial charge is 0.496 e. The minimum atomic E-state index is -0.422. The van der Waals surface area contributed by atoms with Gasteiger partial charge in [-0.15, -0.1) is 0 Å². The highest BCUT2D eigenvalue weighted by Gasteiger charge is 2.16. The molecular formula is C14H19BrO3. The maximum atomic E-state index is 11.6. The van der Waals surface area contributed by atoms with Crippen LogP contribution in [0.1, 0.15) is 32.8 Å². The fraction of sp³-hybridized carbons (Fsp3) is 0.500. The van der Waals surface area contributed by atoms with Crippen molar-refractivity contribution in [1.82, 2.24) is 0 Å². The SMILES string of the molecule is COc1cc(CCC(=O)OC(C)(C)C)ccc1Br. The molecule has 3 nitrogen and oxygen atoms in total. The molecule has 0 aliphatic heterocycles. The number of hydrogen-bond donors (Lipinski definition) is 0. The zero-order valence-corrected chi connectivity index (χ0v) is 12.8. The molecule has 1 aromatic rings. The predicted molar refractivity (Wildman–Crippen MR) is 74.9 cm³/mol. The first-order valence-corrected chi connectivity index (χ1v) is 6.65. The predicted octanol–water partition coefficient (Wildman–Crippen LogP) is 3.73. The maximum Gasteiger partial charge on any atom is 0.306 e. The standard InChI is InChI=1S/C14H19BrO3/c1-14(2,3)18-13(16)8-6-10-5-7-11(15)12(9-10)17-4/h5,7,9H,6,8H2,1-4H3. The highest BCUT2D eigenvalue weighted by Crippen LogP contribution is 2.26. The molecule has 0 unspecified atom stereocenters. The molecule has 0 heterocycles. The number of esters is 1. The number of halogens is 1. The summed E-state index contributed by atoms with van der Waals surface area (Å²) in [6.45, 7) is 5.61. The van der Waals surface area contributed by atoms with Gasteiger partial charge in [0.15, 0.2) is 0 Å². The lowest BCUT2D eigenvalue weighted by Gasteiger charge is -2.19. The number of methoxy groups -OCH3 is 1. The zero-order chi connectivity index (χ0) is 13.8.